The van der Waals surface area contributed by atoms with E-state index >= 15 is 0 Å². The van der Waals surface area contributed by atoms with Crippen LogP contribution in [0.5, 0.6) is 0 Å². The van der Waals surface area contributed by atoms with Gasteiger partial charge in [-0.05, 0) is 42.9 Å². The molecule has 1 aromatic carbocycles. The molecule has 136 valence electrons. The Hall–Kier alpha value is -1.50. The maximum Gasteiger partial charge on any atom is 0.221 e. The van der Waals surface area contributed by atoms with Gasteiger partial charge in [0.05, 0.1) is 6.04 Å². The molecular weight excluding hydrogens is 319 g/mol. The van der Waals surface area contributed by atoms with Crippen molar-refractivity contribution in [3.63, 3.8) is 0 Å². The fourth-order valence-electron chi connectivity index (χ4n) is 4.63. The van der Waals surface area contributed by atoms with Crippen molar-refractivity contribution in [1.29, 1.82) is 0 Å². The molecule has 2 heterocycles. The molecule has 25 heavy (non-hydrogen) atoms. The number of nitrogens with zero attached hydrogens (tertiary/aromatic N) is 1. The number of piperidine rings is 1. The van der Waals surface area contributed by atoms with Gasteiger partial charge in [0, 0.05) is 44.6 Å². The number of likely N-dealkylation sites (tertiary alicyclic amines) is 1. The van der Waals surface area contributed by atoms with Gasteiger partial charge in [-0.3, -0.25) is 15.1 Å². The number of halogens is 1. The van der Waals surface area contributed by atoms with Crippen molar-refractivity contribution in [3.8, 4) is 0 Å². The van der Waals surface area contributed by atoms with Gasteiger partial charge in [-0.15, -0.1) is 0 Å². The fourth-order valence-corrected chi connectivity index (χ4v) is 4.63. The molecule has 1 saturated carbocycles. The number of nitrogens with one attached hydrogen (secondary N) is 3. The van der Waals surface area contributed by atoms with Crippen LogP contribution in [-0.2, 0) is 4.79 Å². The first-order valence-corrected chi connectivity index (χ1v) is 9.43. The lowest BCUT2D eigenvalue weighted by Gasteiger charge is -2.26. The van der Waals surface area contributed by atoms with Gasteiger partial charge < -0.3 is 5.32 Å². The van der Waals surface area contributed by atoms with E-state index in [1.54, 1.807) is 12.1 Å². The quantitative estimate of drug-likeness (QED) is 0.732. The van der Waals surface area contributed by atoms with Gasteiger partial charge in [-0.25, -0.2) is 9.82 Å². The zero-order valence-corrected chi connectivity index (χ0v) is 14.5. The number of hydrogen-bond donors (Lipinski definition) is 3. The summed E-state index contributed by atoms with van der Waals surface area (Å²) < 4.78 is 13.1. The van der Waals surface area contributed by atoms with Gasteiger partial charge in [0.1, 0.15) is 5.82 Å². The van der Waals surface area contributed by atoms with Crippen LogP contribution in [0.15, 0.2) is 24.3 Å². The van der Waals surface area contributed by atoms with Crippen LogP contribution in [-0.4, -0.2) is 43.0 Å². The molecule has 5 nitrogen and oxygen atoms in total. The van der Waals surface area contributed by atoms with E-state index in [1.807, 2.05) is 0 Å². The van der Waals surface area contributed by atoms with Gasteiger partial charge >= 0.3 is 0 Å². The first-order valence-electron chi connectivity index (χ1n) is 9.43. The van der Waals surface area contributed by atoms with Crippen molar-refractivity contribution in [2.75, 3.05) is 26.2 Å². The number of amides is 1. The van der Waals surface area contributed by atoms with Gasteiger partial charge in [0.25, 0.3) is 0 Å². The third kappa shape index (κ3) is 3.86. The summed E-state index contributed by atoms with van der Waals surface area (Å²) in [4.78, 5) is 14.7. The summed E-state index contributed by atoms with van der Waals surface area (Å²) in [6.07, 6.45) is 4.60. The van der Waals surface area contributed by atoms with Gasteiger partial charge in [-0.1, -0.05) is 12.1 Å². The van der Waals surface area contributed by atoms with E-state index < -0.39 is 0 Å². The summed E-state index contributed by atoms with van der Waals surface area (Å²) in [5.41, 5.74) is 7.42. The number of fused-ring (bicyclic) bond motifs is 2. The second kappa shape index (κ2) is 7.40. The van der Waals surface area contributed by atoms with E-state index in [0.717, 1.165) is 30.6 Å². The lowest BCUT2D eigenvalue weighted by Crippen LogP contribution is -2.37. The predicted octanol–water partition coefficient (Wildman–Crippen LogP) is 1.58. The minimum absolute atomic E-state index is 0.0928. The Labute approximate surface area is 148 Å². The SMILES string of the molecule is O=C(CCN1C[C@H]2CC[C@@H]1C2)NCC1CNNC1c1ccc(F)cc1. The van der Waals surface area contributed by atoms with Crippen molar-refractivity contribution in [2.24, 2.45) is 11.8 Å². The lowest BCUT2D eigenvalue weighted by atomic mass is 9.95. The molecule has 3 aliphatic rings. The van der Waals surface area contributed by atoms with Crippen LogP contribution >= 0.6 is 0 Å². The standard InChI is InChI=1S/C19H27FN4O/c20-16-4-2-14(3-5-16)19-15(11-22-23-19)10-21-18(25)7-8-24-12-13-1-6-17(24)9-13/h2-5,13,15,17,19,22-23H,1,6-12H2,(H,21,25)/t13-,15?,17+,19?/m0/s1. The average molecular weight is 346 g/mol. The van der Waals surface area contributed by atoms with E-state index in [9.17, 15) is 9.18 Å². The van der Waals surface area contributed by atoms with Crippen LogP contribution in [0.1, 0.15) is 37.3 Å². The summed E-state index contributed by atoms with van der Waals surface area (Å²) in [6.45, 7) is 3.49. The normalized spacial score (nSPS) is 31.6. The molecular formula is C19H27FN4O. The Balaban J connectivity index is 1.23. The largest absolute Gasteiger partial charge is 0.356 e. The van der Waals surface area contributed by atoms with E-state index in [-0.39, 0.29) is 23.7 Å². The topological polar surface area (TPSA) is 56.4 Å². The molecule has 0 aromatic heterocycles. The van der Waals surface area contributed by atoms with E-state index in [1.165, 1.54) is 37.9 Å². The van der Waals surface area contributed by atoms with Crippen LogP contribution < -0.4 is 16.2 Å². The van der Waals surface area contributed by atoms with Crippen LogP contribution in [0.2, 0.25) is 0 Å². The summed E-state index contributed by atoms with van der Waals surface area (Å²) in [5, 5.41) is 3.08. The number of carbonyl (C=O) groups is 1. The maximum absolute atomic E-state index is 13.1. The number of carbonyl (C=O) groups excluding carboxylic acids is 1. The molecule has 4 rings (SSSR count). The summed E-state index contributed by atoms with van der Waals surface area (Å²) in [5.74, 6) is 1.04. The summed E-state index contributed by atoms with van der Waals surface area (Å²) >= 11 is 0. The Kier molecular flexibility index (Phi) is 5.01. The summed E-state index contributed by atoms with van der Waals surface area (Å²) in [6, 6.07) is 7.39. The third-order valence-corrected chi connectivity index (χ3v) is 6.03. The van der Waals surface area contributed by atoms with Gasteiger partial charge in [0.2, 0.25) is 5.91 Å². The second-order valence-corrected chi connectivity index (χ2v) is 7.70. The molecule has 2 bridgehead atoms. The van der Waals surface area contributed by atoms with Gasteiger partial charge in [0.15, 0.2) is 0 Å². The molecule has 4 atom stereocenters. The van der Waals surface area contributed by atoms with Crippen molar-refractivity contribution >= 4 is 5.91 Å². The molecule has 0 spiro atoms. The first-order chi connectivity index (χ1) is 12.2. The first kappa shape index (κ1) is 16.9. The number of hydrazine groups is 1. The smallest absolute Gasteiger partial charge is 0.221 e. The molecule has 3 N–H and O–H groups in total. The monoisotopic (exact) mass is 346 g/mol. The molecule has 2 aliphatic heterocycles. The molecule has 6 heteroatoms. The molecule has 2 saturated heterocycles. The van der Waals surface area contributed by atoms with E-state index in [0.29, 0.717) is 13.0 Å². The lowest BCUT2D eigenvalue weighted by molar-refractivity contribution is -0.121. The highest BCUT2D eigenvalue weighted by Crippen LogP contribution is 2.37. The Bertz CT molecular complexity index is 608. The molecule has 1 aliphatic carbocycles. The van der Waals surface area contributed by atoms with Crippen molar-refractivity contribution in [1.82, 2.24) is 21.1 Å². The van der Waals surface area contributed by atoms with Crippen molar-refractivity contribution < 1.29 is 9.18 Å². The molecule has 1 amide bonds. The van der Waals surface area contributed by atoms with Crippen LogP contribution in [0, 0.1) is 17.7 Å². The highest BCUT2D eigenvalue weighted by Gasteiger charge is 2.37. The number of hydrogen-bond acceptors (Lipinski definition) is 4. The van der Waals surface area contributed by atoms with Crippen LogP contribution in [0.3, 0.4) is 0 Å². The highest BCUT2D eigenvalue weighted by atomic mass is 19.1. The highest BCUT2D eigenvalue weighted by molar-refractivity contribution is 5.76. The third-order valence-electron chi connectivity index (χ3n) is 6.03. The fraction of sp³-hybridized carbons (Fsp3) is 0.632. The second-order valence-electron chi connectivity index (χ2n) is 7.70. The van der Waals surface area contributed by atoms with Crippen LogP contribution in [0.25, 0.3) is 0 Å². The Morgan fingerprint density at radius 2 is 2.12 bits per heavy atom. The number of rotatable bonds is 6. The minimum atomic E-state index is -0.227. The van der Waals surface area contributed by atoms with E-state index in [4.69, 9.17) is 0 Å². The van der Waals surface area contributed by atoms with Gasteiger partial charge in [-0.2, -0.15) is 0 Å². The Morgan fingerprint density at radius 3 is 2.84 bits per heavy atom. The zero-order valence-electron chi connectivity index (χ0n) is 14.5. The van der Waals surface area contributed by atoms with Crippen molar-refractivity contribution in [2.45, 2.75) is 37.8 Å². The molecule has 3 fully saturated rings. The van der Waals surface area contributed by atoms with E-state index in [2.05, 4.69) is 21.1 Å². The molecule has 1 aromatic rings. The van der Waals surface area contributed by atoms with Crippen molar-refractivity contribution in [3.05, 3.63) is 35.6 Å². The molecule has 0 radical (unpaired) electrons. The Morgan fingerprint density at radius 1 is 1.28 bits per heavy atom. The zero-order chi connectivity index (χ0) is 17.2. The summed E-state index contributed by atoms with van der Waals surface area (Å²) in [7, 11) is 0. The minimum Gasteiger partial charge on any atom is -0.356 e. The average Bonchev–Trinajstić information content (AvgIpc) is 3.35. The molecule has 2 unspecified atom stereocenters. The van der Waals surface area contributed by atoms with Crippen LogP contribution in [0.4, 0.5) is 4.39 Å². The number of benzene rings is 1. The predicted molar refractivity (Wildman–Crippen MR) is 94.1 cm³/mol. The maximum atomic E-state index is 13.1.